The molecule has 0 aliphatic carbocycles. The van der Waals surface area contributed by atoms with Crippen molar-refractivity contribution in [2.75, 3.05) is 20.2 Å². The second-order valence-electron chi connectivity index (χ2n) is 4.77. The molecule has 0 unspecified atom stereocenters. The Morgan fingerprint density at radius 1 is 1.25 bits per heavy atom. The third-order valence-corrected chi connectivity index (χ3v) is 2.96. The summed E-state index contributed by atoms with van der Waals surface area (Å²) in [4.78, 5) is 24.7. The molecule has 0 spiro atoms. The SMILES string of the molecule is CCCCCCCOC(=O)CN(C)C(=O)c1ccco1. The van der Waals surface area contributed by atoms with E-state index in [0.717, 1.165) is 12.8 Å². The molecule has 5 nitrogen and oxygen atoms in total. The van der Waals surface area contributed by atoms with E-state index in [2.05, 4.69) is 6.92 Å². The van der Waals surface area contributed by atoms with Gasteiger partial charge in [-0.2, -0.15) is 0 Å². The predicted octanol–water partition coefficient (Wildman–Crippen LogP) is 2.87. The van der Waals surface area contributed by atoms with Gasteiger partial charge in [0, 0.05) is 7.05 Å². The second kappa shape index (κ2) is 9.18. The molecule has 1 amide bonds. The van der Waals surface area contributed by atoms with Crippen molar-refractivity contribution in [1.29, 1.82) is 0 Å². The van der Waals surface area contributed by atoms with E-state index in [4.69, 9.17) is 9.15 Å². The molecular weight excluding hydrogens is 258 g/mol. The summed E-state index contributed by atoms with van der Waals surface area (Å²) in [7, 11) is 1.55. The summed E-state index contributed by atoms with van der Waals surface area (Å²) in [6, 6.07) is 3.20. The highest BCUT2D eigenvalue weighted by molar-refractivity contribution is 5.93. The van der Waals surface area contributed by atoms with Crippen molar-refractivity contribution >= 4 is 11.9 Å². The molecule has 0 fully saturated rings. The van der Waals surface area contributed by atoms with Crippen LogP contribution in [0.5, 0.6) is 0 Å². The fraction of sp³-hybridized carbons (Fsp3) is 0.600. The lowest BCUT2D eigenvalue weighted by Crippen LogP contribution is -2.32. The normalized spacial score (nSPS) is 10.3. The first-order valence-corrected chi connectivity index (χ1v) is 7.09. The van der Waals surface area contributed by atoms with Gasteiger partial charge >= 0.3 is 5.97 Å². The average molecular weight is 281 g/mol. The molecule has 0 aromatic carbocycles. The van der Waals surface area contributed by atoms with Gasteiger partial charge < -0.3 is 14.1 Å². The highest BCUT2D eigenvalue weighted by atomic mass is 16.5. The van der Waals surface area contributed by atoms with E-state index in [1.54, 1.807) is 19.2 Å². The number of carbonyl (C=O) groups excluding carboxylic acids is 2. The Hall–Kier alpha value is -1.78. The Morgan fingerprint density at radius 3 is 2.65 bits per heavy atom. The van der Waals surface area contributed by atoms with Crippen LogP contribution in [-0.4, -0.2) is 37.0 Å². The van der Waals surface area contributed by atoms with E-state index in [1.165, 1.54) is 30.4 Å². The maximum atomic E-state index is 11.8. The number of nitrogens with zero attached hydrogens (tertiary/aromatic N) is 1. The van der Waals surface area contributed by atoms with Crippen LogP contribution in [0.1, 0.15) is 49.6 Å². The zero-order valence-electron chi connectivity index (χ0n) is 12.3. The topological polar surface area (TPSA) is 59.8 Å². The summed E-state index contributed by atoms with van der Waals surface area (Å²) in [5.41, 5.74) is 0. The number of likely N-dealkylation sites (N-methyl/N-ethyl adjacent to an activating group) is 1. The average Bonchev–Trinajstić information content (AvgIpc) is 2.95. The molecule has 1 heterocycles. The minimum absolute atomic E-state index is 0.0610. The molecular formula is C15H23NO4. The first-order valence-electron chi connectivity index (χ1n) is 7.09. The molecule has 20 heavy (non-hydrogen) atoms. The summed E-state index contributed by atoms with van der Waals surface area (Å²) in [5, 5.41) is 0. The van der Waals surface area contributed by atoms with E-state index in [1.807, 2.05) is 0 Å². The molecule has 0 atom stereocenters. The van der Waals surface area contributed by atoms with Crippen molar-refractivity contribution in [3.8, 4) is 0 Å². The highest BCUT2D eigenvalue weighted by Gasteiger charge is 2.17. The maximum absolute atomic E-state index is 11.8. The molecule has 0 saturated heterocycles. The van der Waals surface area contributed by atoms with Gasteiger partial charge in [-0.3, -0.25) is 9.59 Å². The molecule has 0 radical (unpaired) electrons. The number of rotatable bonds is 9. The number of hydrogen-bond acceptors (Lipinski definition) is 4. The van der Waals surface area contributed by atoms with Crippen LogP contribution in [-0.2, 0) is 9.53 Å². The van der Waals surface area contributed by atoms with E-state index in [9.17, 15) is 9.59 Å². The summed E-state index contributed by atoms with van der Waals surface area (Å²) >= 11 is 0. The molecule has 1 rings (SSSR count). The van der Waals surface area contributed by atoms with Crippen LogP contribution in [0.15, 0.2) is 22.8 Å². The van der Waals surface area contributed by atoms with Crippen LogP contribution in [0.3, 0.4) is 0 Å². The Kier molecular flexibility index (Phi) is 7.47. The third kappa shape index (κ3) is 5.91. The van der Waals surface area contributed by atoms with Crippen LogP contribution in [0, 0.1) is 0 Å². The molecule has 0 bridgehead atoms. The minimum Gasteiger partial charge on any atom is -0.464 e. The van der Waals surface area contributed by atoms with Crippen molar-refractivity contribution in [1.82, 2.24) is 4.90 Å². The minimum atomic E-state index is -0.386. The van der Waals surface area contributed by atoms with Gasteiger partial charge in [0.1, 0.15) is 6.54 Å². The number of amides is 1. The van der Waals surface area contributed by atoms with Crippen LogP contribution in [0.25, 0.3) is 0 Å². The zero-order valence-corrected chi connectivity index (χ0v) is 12.3. The third-order valence-electron chi connectivity index (χ3n) is 2.96. The van der Waals surface area contributed by atoms with Crippen molar-refractivity contribution < 1.29 is 18.7 Å². The van der Waals surface area contributed by atoms with Crippen LogP contribution >= 0.6 is 0 Å². The molecule has 0 saturated carbocycles. The fourth-order valence-electron chi connectivity index (χ4n) is 1.79. The van der Waals surface area contributed by atoms with Gasteiger partial charge in [0.05, 0.1) is 12.9 Å². The van der Waals surface area contributed by atoms with Gasteiger partial charge in [0.2, 0.25) is 0 Å². The van der Waals surface area contributed by atoms with Crippen molar-refractivity contribution in [2.45, 2.75) is 39.0 Å². The lowest BCUT2D eigenvalue weighted by molar-refractivity contribution is -0.144. The number of unbranched alkanes of at least 4 members (excludes halogenated alkanes) is 4. The maximum Gasteiger partial charge on any atom is 0.325 e. The number of ether oxygens (including phenoxy) is 1. The van der Waals surface area contributed by atoms with Crippen LogP contribution in [0.4, 0.5) is 0 Å². The summed E-state index contributed by atoms with van der Waals surface area (Å²) in [5.74, 6) is -0.488. The Balaban J connectivity index is 2.17. The fourth-order valence-corrected chi connectivity index (χ4v) is 1.79. The largest absolute Gasteiger partial charge is 0.464 e. The smallest absolute Gasteiger partial charge is 0.325 e. The number of esters is 1. The summed E-state index contributed by atoms with van der Waals surface area (Å²) in [6.45, 7) is 2.52. The molecule has 1 aromatic rings. The van der Waals surface area contributed by atoms with E-state index in [0.29, 0.717) is 6.61 Å². The van der Waals surface area contributed by atoms with Crippen molar-refractivity contribution in [2.24, 2.45) is 0 Å². The first kappa shape index (κ1) is 16.3. The Bertz CT molecular complexity index is 400. The number of carbonyl (C=O) groups is 2. The molecule has 0 aliphatic heterocycles. The summed E-state index contributed by atoms with van der Waals surface area (Å²) < 4.78 is 10.1. The molecule has 0 N–H and O–H groups in total. The van der Waals surface area contributed by atoms with Gasteiger partial charge in [-0.05, 0) is 18.6 Å². The van der Waals surface area contributed by atoms with Crippen molar-refractivity contribution in [3.63, 3.8) is 0 Å². The summed E-state index contributed by atoms with van der Waals surface area (Å²) in [6.07, 6.45) is 6.96. The van der Waals surface area contributed by atoms with Gasteiger partial charge in [0.25, 0.3) is 5.91 Å². The quantitative estimate of drug-likeness (QED) is 0.516. The Morgan fingerprint density at radius 2 is 2.00 bits per heavy atom. The van der Waals surface area contributed by atoms with E-state index >= 15 is 0 Å². The molecule has 1 aromatic heterocycles. The predicted molar refractivity (Wildman–Crippen MR) is 75.4 cm³/mol. The highest BCUT2D eigenvalue weighted by Crippen LogP contribution is 2.05. The van der Waals surface area contributed by atoms with E-state index < -0.39 is 0 Å². The standard InChI is InChI=1S/C15H23NO4/c1-3-4-5-6-7-10-20-14(17)12-16(2)15(18)13-9-8-11-19-13/h8-9,11H,3-7,10,12H2,1-2H3. The number of hydrogen-bond donors (Lipinski definition) is 0. The van der Waals surface area contributed by atoms with Crippen molar-refractivity contribution in [3.05, 3.63) is 24.2 Å². The van der Waals surface area contributed by atoms with E-state index in [-0.39, 0.29) is 24.2 Å². The zero-order chi connectivity index (χ0) is 14.8. The first-order chi connectivity index (χ1) is 9.65. The molecule has 0 aliphatic rings. The van der Waals surface area contributed by atoms with Gasteiger partial charge in [-0.25, -0.2) is 0 Å². The van der Waals surface area contributed by atoms with Crippen LogP contribution in [0.2, 0.25) is 0 Å². The molecule has 5 heteroatoms. The number of furan rings is 1. The lowest BCUT2D eigenvalue weighted by Gasteiger charge is -2.14. The Labute approximate surface area is 119 Å². The van der Waals surface area contributed by atoms with Gasteiger partial charge in [-0.1, -0.05) is 32.6 Å². The van der Waals surface area contributed by atoms with Gasteiger partial charge in [-0.15, -0.1) is 0 Å². The monoisotopic (exact) mass is 281 g/mol. The lowest BCUT2D eigenvalue weighted by atomic mass is 10.2. The van der Waals surface area contributed by atoms with Gasteiger partial charge in [0.15, 0.2) is 5.76 Å². The van der Waals surface area contributed by atoms with Crippen LogP contribution < -0.4 is 0 Å². The molecule has 112 valence electrons. The second-order valence-corrected chi connectivity index (χ2v) is 4.77.